The van der Waals surface area contributed by atoms with Gasteiger partial charge in [0.15, 0.2) is 0 Å². The summed E-state index contributed by atoms with van der Waals surface area (Å²) < 4.78 is 1.12. The van der Waals surface area contributed by atoms with Crippen LogP contribution in [0.2, 0.25) is 0 Å². The van der Waals surface area contributed by atoms with Gasteiger partial charge in [0.2, 0.25) is 5.91 Å². The second-order valence-corrected chi connectivity index (χ2v) is 6.27. The van der Waals surface area contributed by atoms with Gasteiger partial charge < -0.3 is 10.6 Å². The van der Waals surface area contributed by atoms with E-state index < -0.39 is 5.91 Å². The maximum Gasteiger partial charge on any atom is 0.276 e. The summed E-state index contributed by atoms with van der Waals surface area (Å²) in [6.07, 6.45) is 0.0601. The van der Waals surface area contributed by atoms with E-state index in [1.54, 1.807) is 30.3 Å². The first-order valence-electron chi connectivity index (χ1n) is 8.82. The largest absolute Gasteiger partial charge is 0.326 e. The van der Waals surface area contributed by atoms with Gasteiger partial charge in [-0.3, -0.25) is 14.4 Å². The smallest absolute Gasteiger partial charge is 0.276 e. The van der Waals surface area contributed by atoms with Crippen molar-refractivity contribution in [3.63, 3.8) is 0 Å². The van der Waals surface area contributed by atoms with Gasteiger partial charge in [-0.15, -0.1) is 0 Å². The van der Waals surface area contributed by atoms with E-state index in [0.717, 1.165) is 10.2 Å². The molecular formula is C21H20N4O3. The Morgan fingerprint density at radius 1 is 0.929 bits per heavy atom. The fourth-order valence-corrected chi connectivity index (χ4v) is 2.60. The highest BCUT2D eigenvalue weighted by Crippen LogP contribution is 2.10. The number of carbonyl (C=O) groups is 2. The highest BCUT2D eigenvalue weighted by molar-refractivity contribution is 6.02. The second kappa shape index (κ2) is 8.77. The molecule has 1 aromatic heterocycles. The van der Waals surface area contributed by atoms with Crippen molar-refractivity contribution in [2.24, 2.45) is 0 Å². The van der Waals surface area contributed by atoms with Crippen LogP contribution in [0.4, 0.5) is 11.4 Å². The van der Waals surface area contributed by atoms with Crippen LogP contribution in [0.3, 0.4) is 0 Å². The Labute approximate surface area is 162 Å². The molecule has 28 heavy (non-hydrogen) atoms. The van der Waals surface area contributed by atoms with Crippen LogP contribution in [-0.2, 0) is 11.3 Å². The molecule has 7 heteroatoms. The lowest BCUT2D eigenvalue weighted by atomic mass is 10.2. The van der Waals surface area contributed by atoms with Gasteiger partial charge >= 0.3 is 0 Å². The summed E-state index contributed by atoms with van der Waals surface area (Å²) in [5, 5.41) is 9.57. The van der Waals surface area contributed by atoms with Crippen LogP contribution in [0.1, 0.15) is 22.5 Å². The van der Waals surface area contributed by atoms with E-state index in [1.165, 1.54) is 12.1 Å². The Bertz CT molecular complexity index is 1040. The monoisotopic (exact) mass is 376 g/mol. The fraction of sp³-hybridized carbons (Fsp3) is 0.143. The molecule has 0 saturated carbocycles. The highest BCUT2D eigenvalue weighted by atomic mass is 16.2. The SMILES string of the molecule is Cc1cccc(NC(=O)CCn2nc(C(=O)Nc3ccccc3)ccc2=O)c1. The molecule has 0 aliphatic carbocycles. The number of nitrogens with zero attached hydrogens (tertiary/aromatic N) is 2. The van der Waals surface area contributed by atoms with E-state index in [0.29, 0.717) is 11.4 Å². The maximum absolute atomic E-state index is 12.3. The van der Waals surface area contributed by atoms with Crippen LogP contribution in [0.25, 0.3) is 0 Å². The van der Waals surface area contributed by atoms with Gasteiger partial charge in [-0.25, -0.2) is 4.68 Å². The molecule has 0 aliphatic rings. The van der Waals surface area contributed by atoms with E-state index in [9.17, 15) is 14.4 Å². The Balaban J connectivity index is 1.64. The first kappa shape index (κ1) is 19.0. The van der Waals surface area contributed by atoms with E-state index in [2.05, 4.69) is 15.7 Å². The number of aryl methyl sites for hydroxylation is 2. The average molecular weight is 376 g/mol. The van der Waals surface area contributed by atoms with Crippen molar-refractivity contribution >= 4 is 23.2 Å². The fourth-order valence-electron chi connectivity index (χ4n) is 2.60. The van der Waals surface area contributed by atoms with E-state index in [4.69, 9.17) is 0 Å². The topological polar surface area (TPSA) is 93.1 Å². The van der Waals surface area contributed by atoms with Crippen molar-refractivity contribution in [3.8, 4) is 0 Å². The molecule has 2 aromatic carbocycles. The van der Waals surface area contributed by atoms with E-state index >= 15 is 0 Å². The summed E-state index contributed by atoms with van der Waals surface area (Å²) in [6.45, 7) is 2.01. The van der Waals surface area contributed by atoms with Gasteiger partial charge in [-0.1, -0.05) is 30.3 Å². The van der Waals surface area contributed by atoms with Gasteiger partial charge in [0, 0.05) is 23.9 Å². The van der Waals surface area contributed by atoms with Gasteiger partial charge in [0.25, 0.3) is 11.5 Å². The van der Waals surface area contributed by atoms with Crippen molar-refractivity contribution in [2.75, 3.05) is 10.6 Å². The molecule has 3 aromatic rings. The zero-order chi connectivity index (χ0) is 19.9. The minimum atomic E-state index is -0.427. The second-order valence-electron chi connectivity index (χ2n) is 6.27. The van der Waals surface area contributed by atoms with Gasteiger partial charge in [-0.2, -0.15) is 5.10 Å². The number of aromatic nitrogens is 2. The Morgan fingerprint density at radius 2 is 1.68 bits per heavy atom. The molecule has 2 N–H and O–H groups in total. The average Bonchev–Trinajstić information content (AvgIpc) is 2.68. The van der Waals surface area contributed by atoms with Crippen molar-refractivity contribution in [3.05, 3.63) is 88.3 Å². The number of carbonyl (C=O) groups excluding carboxylic acids is 2. The standard InChI is InChI=1S/C21H20N4O3/c1-15-6-5-9-17(14-15)22-19(26)12-13-25-20(27)11-10-18(24-25)21(28)23-16-7-3-2-4-8-16/h2-11,14H,12-13H2,1H3,(H,22,26)(H,23,28). The molecule has 0 radical (unpaired) electrons. The molecular weight excluding hydrogens is 356 g/mol. The molecule has 3 rings (SSSR count). The third-order valence-electron chi connectivity index (χ3n) is 3.98. The highest BCUT2D eigenvalue weighted by Gasteiger charge is 2.11. The number of hydrogen-bond donors (Lipinski definition) is 2. The lowest BCUT2D eigenvalue weighted by molar-refractivity contribution is -0.116. The summed E-state index contributed by atoms with van der Waals surface area (Å²) >= 11 is 0. The van der Waals surface area contributed by atoms with E-state index in [1.807, 2.05) is 31.2 Å². The third kappa shape index (κ3) is 5.14. The number of rotatable bonds is 6. The number of amides is 2. The number of nitrogens with one attached hydrogen (secondary N) is 2. The van der Waals surface area contributed by atoms with Crippen LogP contribution in [0, 0.1) is 6.92 Å². The van der Waals surface area contributed by atoms with Crippen LogP contribution in [0.15, 0.2) is 71.5 Å². The number of para-hydroxylation sites is 1. The molecule has 0 unspecified atom stereocenters. The van der Waals surface area contributed by atoms with E-state index in [-0.39, 0.29) is 30.1 Å². The minimum Gasteiger partial charge on any atom is -0.326 e. The van der Waals surface area contributed by atoms with Gasteiger partial charge in [0.1, 0.15) is 5.69 Å². The molecule has 0 fully saturated rings. The molecule has 2 amide bonds. The number of benzene rings is 2. The quantitative estimate of drug-likeness (QED) is 0.692. The van der Waals surface area contributed by atoms with Crippen molar-refractivity contribution in [1.82, 2.24) is 9.78 Å². The van der Waals surface area contributed by atoms with Crippen LogP contribution < -0.4 is 16.2 Å². The molecule has 7 nitrogen and oxygen atoms in total. The molecule has 0 bridgehead atoms. The minimum absolute atomic E-state index is 0.0601. The van der Waals surface area contributed by atoms with Crippen LogP contribution in [-0.4, -0.2) is 21.6 Å². The third-order valence-corrected chi connectivity index (χ3v) is 3.98. The zero-order valence-corrected chi connectivity index (χ0v) is 15.4. The summed E-state index contributed by atoms with van der Waals surface area (Å²) in [7, 11) is 0. The Morgan fingerprint density at radius 3 is 2.43 bits per heavy atom. The zero-order valence-electron chi connectivity index (χ0n) is 15.4. The Hall–Kier alpha value is -3.74. The summed E-state index contributed by atoms with van der Waals surface area (Å²) in [4.78, 5) is 36.5. The van der Waals surface area contributed by atoms with Crippen molar-refractivity contribution < 1.29 is 9.59 Å². The summed E-state index contributed by atoms with van der Waals surface area (Å²) in [5.41, 5.74) is 2.08. The Kier molecular flexibility index (Phi) is 5.96. The normalized spacial score (nSPS) is 10.3. The first-order valence-corrected chi connectivity index (χ1v) is 8.82. The predicted molar refractivity (Wildman–Crippen MR) is 107 cm³/mol. The van der Waals surface area contributed by atoms with Gasteiger partial charge in [-0.05, 0) is 42.8 Å². The first-order chi connectivity index (χ1) is 13.5. The van der Waals surface area contributed by atoms with Crippen molar-refractivity contribution in [1.29, 1.82) is 0 Å². The van der Waals surface area contributed by atoms with Gasteiger partial charge in [0.05, 0.1) is 6.54 Å². The lowest BCUT2D eigenvalue weighted by Crippen LogP contribution is -2.28. The molecule has 1 heterocycles. The molecule has 142 valence electrons. The maximum atomic E-state index is 12.3. The van der Waals surface area contributed by atoms with Crippen LogP contribution in [0.5, 0.6) is 0 Å². The summed E-state index contributed by atoms with van der Waals surface area (Å²) in [5.74, 6) is -0.664. The molecule has 0 atom stereocenters. The number of hydrogen-bond acceptors (Lipinski definition) is 4. The van der Waals surface area contributed by atoms with Crippen molar-refractivity contribution in [2.45, 2.75) is 19.9 Å². The molecule has 0 saturated heterocycles. The lowest BCUT2D eigenvalue weighted by Gasteiger charge is -2.09. The number of anilines is 2. The molecule has 0 aliphatic heterocycles. The van der Waals surface area contributed by atoms with Crippen LogP contribution >= 0.6 is 0 Å². The predicted octanol–water partition coefficient (Wildman–Crippen LogP) is 2.83. The summed E-state index contributed by atoms with van der Waals surface area (Å²) in [6, 6.07) is 19.0. The molecule has 0 spiro atoms.